The third-order valence-electron chi connectivity index (χ3n) is 4.42. The standard InChI is InChI=1S/C16H15BrFN3O2/c17-15-14(11-1-3-12(18)4-2-11)19-10-20(15)5-13(22)21-6-16(7-21)8-23-9-16/h1-4,10H,5-9H2. The summed E-state index contributed by atoms with van der Waals surface area (Å²) < 4.78 is 20.7. The van der Waals surface area contributed by atoms with E-state index in [4.69, 9.17) is 4.74 Å². The first-order chi connectivity index (χ1) is 11.1. The number of carbonyl (C=O) groups is 1. The molecule has 0 atom stereocenters. The predicted molar refractivity (Wildman–Crippen MR) is 85.2 cm³/mol. The molecular weight excluding hydrogens is 365 g/mol. The van der Waals surface area contributed by atoms with E-state index in [-0.39, 0.29) is 23.7 Å². The average Bonchev–Trinajstić information content (AvgIpc) is 2.78. The first-order valence-electron chi connectivity index (χ1n) is 7.38. The molecule has 0 saturated carbocycles. The lowest BCUT2D eigenvalue weighted by atomic mass is 9.78. The van der Waals surface area contributed by atoms with Crippen LogP contribution >= 0.6 is 15.9 Å². The minimum atomic E-state index is -0.286. The Morgan fingerprint density at radius 3 is 2.61 bits per heavy atom. The summed E-state index contributed by atoms with van der Waals surface area (Å²) in [7, 11) is 0. The first kappa shape index (κ1) is 14.8. The smallest absolute Gasteiger partial charge is 0.242 e. The lowest BCUT2D eigenvalue weighted by molar-refractivity contribution is -0.195. The Hall–Kier alpha value is -1.73. The third-order valence-corrected chi connectivity index (χ3v) is 5.25. The maximum Gasteiger partial charge on any atom is 0.242 e. The van der Waals surface area contributed by atoms with E-state index >= 15 is 0 Å². The van der Waals surface area contributed by atoms with Gasteiger partial charge in [0, 0.05) is 18.7 Å². The number of ether oxygens (including phenoxy) is 1. The maximum absolute atomic E-state index is 13.0. The van der Waals surface area contributed by atoms with Gasteiger partial charge in [-0.2, -0.15) is 0 Å². The van der Waals surface area contributed by atoms with Crippen molar-refractivity contribution >= 4 is 21.8 Å². The van der Waals surface area contributed by atoms with Crippen molar-refractivity contribution in [3.05, 3.63) is 41.0 Å². The van der Waals surface area contributed by atoms with Gasteiger partial charge in [-0.05, 0) is 40.2 Å². The number of hydrogen-bond acceptors (Lipinski definition) is 3. The fraction of sp³-hybridized carbons (Fsp3) is 0.375. The number of likely N-dealkylation sites (tertiary alicyclic amines) is 1. The van der Waals surface area contributed by atoms with Gasteiger partial charge in [0.1, 0.15) is 22.7 Å². The Labute approximate surface area is 141 Å². The van der Waals surface area contributed by atoms with Crippen LogP contribution in [0.1, 0.15) is 0 Å². The quantitative estimate of drug-likeness (QED) is 0.821. The van der Waals surface area contributed by atoms with Crippen LogP contribution in [0.2, 0.25) is 0 Å². The van der Waals surface area contributed by atoms with E-state index in [2.05, 4.69) is 20.9 Å². The number of hydrogen-bond donors (Lipinski definition) is 0. The molecule has 2 aliphatic rings. The molecule has 1 aromatic carbocycles. The Bertz CT molecular complexity index is 747. The Kier molecular flexibility index (Phi) is 3.50. The van der Waals surface area contributed by atoms with Crippen molar-refractivity contribution in [3.8, 4) is 11.3 Å². The van der Waals surface area contributed by atoms with Crippen molar-refractivity contribution in [2.75, 3.05) is 26.3 Å². The molecule has 0 N–H and O–H groups in total. The second-order valence-electron chi connectivity index (χ2n) is 6.26. The molecule has 7 heteroatoms. The molecule has 3 heterocycles. The molecule has 0 aliphatic carbocycles. The lowest BCUT2D eigenvalue weighted by Gasteiger charge is -2.54. The number of halogens is 2. The highest BCUT2D eigenvalue weighted by molar-refractivity contribution is 9.10. The van der Waals surface area contributed by atoms with Gasteiger partial charge in [-0.3, -0.25) is 4.79 Å². The van der Waals surface area contributed by atoms with Crippen molar-refractivity contribution in [2.24, 2.45) is 5.41 Å². The number of carbonyl (C=O) groups excluding carboxylic acids is 1. The van der Waals surface area contributed by atoms with Gasteiger partial charge < -0.3 is 14.2 Å². The molecule has 5 nitrogen and oxygen atoms in total. The van der Waals surface area contributed by atoms with Gasteiger partial charge in [-0.15, -0.1) is 0 Å². The molecule has 1 aromatic heterocycles. The van der Waals surface area contributed by atoms with Gasteiger partial charge >= 0.3 is 0 Å². The highest BCUT2D eigenvalue weighted by Gasteiger charge is 2.50. The van der Waals surface area contributed by atoms with E-state index in [1.54, 1.807) is 23.0 Å². The zero-order chi connectivity index (χ0) is 16.0. The number of rotatable bonds is 3. The van der Waals surface area contributed by atoms with Crippen LogP contribution < -0.4 is 0 Å². The van der Waals surface area contributed by atoms with E-state index in [0.29, 0.717) is 5.69 Å². The Balaban J connectivity index is 1.45. The van der Waals surface area contributed by atoms with Gasteiger partial charge in [0.2, 0.25) is 5.91 Å². The maximum atomic E-state index is 13.0. The minimum Gasteiger partial charge on any atom is -0.380 e. The summed E-state index contributed by atoms with van der Waals surface area (Å²) in [6.07, 6.45) is 1.63. The number of imidazole rings is 1. The fourth-order valence-electron chi connectivity index (χ4n) is 3.04. The zero-order valence-corrected chi connectivity index (χ0v) is 13.9. The molecule has 2 saturated heterocycles. The highest BCUT2D eigenvalue weighted by Crippen LogP contribution is 2.37. The fourth-order valence-corrected chi connectivity index (χ4v) is 3.59. The third kappa shape index (κ3) is 2.57. The molecule has 0 radical (unpaired) electrons. The largest absolute Gasteiger partial charge is 0.380 e. The van der Waals surface area contributed by atoms with Crippen LogP contribution in [0.3, 0.4) is 0 Å². The molecule has 2 fully saturated rings. The monoisotopic (exact) mass is 379 g/mol. The number of benzene rings is 1. The van der Waals surface area contributed by atoms with E-state index in [9.17, 15) is 9.18 Å². The SMILES string of the molecule is O=C(Cn1cnc(-c2ccc(F)cc2)c1Br)N1CC2(COC2)C1. The van der Waals surface area contributed by atoms with Crippen molar-refractivity contribution in [3.63, 3.8) is 0 Å². The van der Waals surface area contributed by atoms with Crippen LogP contribution in [0.15, 0.2) is 35.2 Å². The Morgan fingerprint density at radius 1 is 1.30 bits per heavy atom. The normalized spacial score (nSPS) is 18.6. The summed E-state index contributed by atoms with van der Waals surface area (Å²) in [5, 5.41) is 0. The second-order valence-corrected chi connectivity index (χ2v) is 7.01. The average molecular weight is 380 g/mol. The van der Waals surface area contributed by atoms with Crippen LogP contribution in [0.4, 0.5) is 4.39 Å². The summed E-state index contributed by atoms with van der Waals surface area (Å²) in [5.74, 6) is -0.211. The molecule has 4 rings (SSSR count). The van der Waals surface area contributed by atoms with Crippen molar-refractivity contribution in [2.45, 2.75) is 6.54 Å². The highest BCUT2D eigenvalue weighted by atomic mass is 79.9. The molecular formula is C16H15BrFN3O2. The first-order valence-corrected chi connectivity index (χ1v) is 8.18. The molecule has 2 aliphatic heterocycles. The Morgan fingerprint density at radius 2 is 2.00 bits per heavy atom. The van der Waals surface area contributed by atoms with Crippen molar-refractivity contribution in [1.29, 1.82) is 0 Å². The van der Waals surface area contributed by atoms with Gasteiger partial charge in [0.25, 0.3) is 0 Å². The lowest BCUT2D eigenvalue weighted by Crippen LogP contribution is -2.67. The van der Waals surface area contributed by atoms with Crippen LogP contribution in [0.5, 0.6) is 0 Å². The second kappa shape index (κ2) is 5.42. The minimum absolute atomic E-state index is 0.0753. The summed E-state index contributed by atoms with van der Waals surface area (Å²) >= 11 is 3.49. The number of nitrogens with zero attached hydrogens (tertiary/aromatic N) is 3. The van der Waals surface area contributed by atoms with Crippen LogP contribution in [-0.4, -0.2) is 46.7 Å². The molecule has 1 spiro atoms. The number of amides is 1. The summed E-state index contributed by atoms with van der Waals surface area (Å²) in [5.41, 5.74) is 1.73. The molecule has 1 amide bonds. The molecule has 2 aromatic rings. The zero-order valence-electron chi connectivity index (χ0n) is 12.3. The molecule has 0 bridgehead atoms. The van der Waals surface area contributed by atoms with Crippen LogP contribution in [-0.2, 0) is 16.1 Å². The van der Waals surface area contributed by atoms with E-state index in [1.165, 1.54) is 12.1 Å². The summed E-state index contributed by atoms with van der Waals surface area (Å²) in [6, 6.07) is 6.13. The van der Waals surface area contributed by atoms with Gasteiger partial charge in [-0.1, -0.05) is 0 Å². The predicted octanol–water partition coefficient (Wildman–Crippen LogP) is 2.31. The van der Waals surface area contributed by atoms with Gasteiger partial charge in [0.05, 0.1) is 25.0 Å². The van der Waals surface area contributed by atoms with Crippen LogP contribution in [0.25, 0.3) is 11.3 Å². The summed E-state index contributed by atoms with van der Waals surface area (Å²) in [4.78, 5) is 18.5. The van der Waals surface area contributed by atoms with Gasteiger partial charge in [-0.25, -0.2) is 9.37 Å². The van der Waals surface area contributed by atoms with Crippen LogP contribution in [0, 0.1) is 11.2 Å². The molecule has 0 unspecified atom stereocenters. The summed E-state index contributed by atoms with van der Waals surface area (Å²) in [6.45, 7) is 3.33. The topological polar surface area (TPSA) is 47.4 Å². The van der Waals surface area contributed by atoms with E-state index in [0.717, 1.165) is 36.5 Å². The van der Waals surface area contributed by atoms with E-state index < -0.39 is 0 Å². The molecule has 23 heavy (non-hydrogen) atoms. The van der Waals surface area contributed by atoms with E-state index in [1.807, 2.05) is 4.90 Å². The van der Waals surface area contributed by atoms with Gasteiger partial charge in [0.15, 0.2) is 0 Å². The number of aromatic nitrogens is 2. The molecule has 120 valence electrons. The van der Waals surface area contributed by atoms with Crippen molar-refractivity contribution in [1.82, 2.24) is 14.5 Å². The van der Waals surface area contributed by atoms with Crippen molar-refractivity contribution < 1.29 is 13.9 Å².